The third-order valence-electron chi connectivity index (χ3n) is 1.11. The third kappa shape index (κ3) is 2.28. The lowest BCUT2D eigenvalue weighted by atomic mass is 10.4. The second-order valence-electron chi connectivity index (χ2n) is 2.06. The standard InChI is InChI=1S/C5H5F3O2S/c6-5(7,8)4(9)10-3-1-11-2-3/h3H,1-2H2. The molecule has 0 aliphatic carbocycles. The molecule has 2 nitrogen and oxygen atoms in total. The van der Waals surface area contributed by atoms with Crippen molar-refractivity contribution >= 4 is 17.7 Å². The molecule has 0 aromatic rings. The van der Waals surface area contributed by atoms with Crippen LogP contribution in [-0.4, -0.2) is 29.8 Å². The third-order valence-corrected chi connectivity index (χ3v) is 2.33. The second-order valence-corrected chi connectivity index (χ2v) is 3.14. The van der Waals surface area contributed by atoms with Gasteiger partial charge in [-0.1, -0.05) is 0 Å². The fraction of sp³-hybridized carbons (Fsp3) is 0.800. The summed E-state index contributed by atoms with van der Waals surface area (Å²) in [5.74, 6) is -1.13. The van der Waals surface area contributed by atoms with Crippen LogP contribution < -0.4 is 0 Å². The number of hydrogen-bond donors (Lipinski definition) is 0. The summed E-state index contributed by atoms with van der Waals surface area (Å²) in [6.45, 7) is 0. The lowest BCUT2D eigenvalue weighted by molar-refractivity contribution is -0.203. The Balaban J connectivity index is 2.30. The first-order valence-corrected chi connectivity index (χ1v) is 4.01. The monoisotopic (exact) mass is 186 g/mol. The van der Waals surface area contributed by atoms with Gasteiger partial charge in [0, 0.05) is 11.5 Å². The first-order chi connectivity index (χ1) is 5.00. The van der Waals surface area contributed by atoms with Crippen LogP contribution in [0.4, 0.5) is 13.2 Å². The van der Waals surface area contributed by atoms with Gasteiger partial charge in [0.15, 0.2) is 0 Å². The molecule has 0 atom stereocenters. The largest absolute Gasteiger partial charge is 0.490 e. The molecule has 0 radical (unpaired) electrons. The van der Waals surface area contributed by atoms with Crippen LogP contribution in [0.25, 0.3) is 0 Å². The summed E-state index contributed by atoms with van der Waals surface area (Å²) < 4.78 is 38.5. The van der Waals surface area contributed by atoms with Gasteiger partial charge >= 0.3 is 12.1 Å². The van der Waals surface area contributed by atoms with Crippen LogP contribution in [0.3, 0.4) is 0 Å². The van der Waals surface area contributed by atoms with Crippen molar-refractivity contribution in [2.75, 3.05) is 11.5 Å². The average Bonchev–Trinajstić information content (AvgIpc) is 1.75. The van der Waals surface area contributed by atoms with E-state index >= 15 is 0 Å². The number of halogens is 3. The molecule has 0 unspecified atom stereocenters. The summed E-state index contributed by atoms with van der Waals surface area (Å²) in [6.07, 6.45) is -5.38. The van der Waals surface area contributed by atoms with E-state index in [0.29, 0.717) is 11.5 Å². The molecule has 64 valence electrons. The minimum atomic E-state index is -4.85. The molecule has 0 bridgehead atoms. The van der Waals surface area contributed by atoms with Gasteiger partial charge in [-0.15, -0.1) is 0 Å². The fourth-order valence-corrected chi connectivity index (χ4v) is 1.06. The molecule has 0 aromatic carbocycles. The van der Waals surface area contributed by atoms with E-state index in [2.05, 4.69) is 4.74 Å². The second kappa shape index (κ2) is 2.92. The zero-order valence-electron chi connectivity index (χ0n) is 5.35. The van der Waals surface area contributed by atoms with E-state index in [1.54, 1.807) is 0 Å². The molecule has 0 saturated carbocycles. The van der Waals surface area contributed by atoms with Crippen LogP contribution in [0.15, 0.2) is 0 Å². The summed E-state index contributed by atoms with van der Waals surface area (Å²) >= 11 is 1.45. The SMILES string of the molecule is O=C(OC1CSC1)C(F)(F)F. The Hall–Kier alpha value is -0.390. The van der Waals surface area contributed by atoms with E-state index in [-0.39, 0.29) is 0 Å². The minimum absolute atomic E-state index is 0.474. The van der Waals surface area contributed by atoms with Gasteiger partial charge in [-0.05, 0) is 0 Å². The van der Waals surface area contributed by atoms with Gasteiger partial charge in [-0.2, -0.15) is 24.9 Å². The van der Waals surface area contributed by atoms with Crippen molar-refractivity contribution in [1.82, 2.24) is 0 Å². The van der Waals surface area contributed by atoms with Crippen LogP contribution >= 0.6 is 11.8 Å². The normalized spacial score (nSPS) is 19.2. The molecule has 1 aliphatic heterocycles. The zero-order valence-corrected chi connectivity index (χ0v) is 6.17. The van der Waals surface area contributed by atoms with E-state index in [1.807, 2.05) is 0 Å². The lowest BCUT2D eigenvalue weighted by Crippen LogP contribution is -2.36. The van der Waals surface area contributed by atoms with Crippen molar-refractivity contribution in [3.63, 3.8) is 0 Å². The number of carbonyl (C=O) groups is 1. The predicted octanol–water partition coefficient (Wildman–Crippen LogP) is 1.21. The van der Waals surface area contributed by atoms with Crippen molar-refractivity contribution in [1.29, 1.82) is 0 Å². The summed E-state index contributed by atoms with van der Waals surface area (Å²) in [4.78, 5) is 10.1. The van der Waals surface area contributed by atoms with E-state index in [9.17, 15) is 18.0 Å². The molecule has 1 rings (SSSR count). The predicted molar refractivity (Wildman–Crippen MR) is 33.3 cm³/mol. The highest BCUT2D eigenvalue weighted by Gasteiger charge is 2.43. The molecule has 0 amide bonds. The minimum Gasteiger partial charge on any atom is -0.454 e. The lowest BCUT2D eigenvalue weighted by Gasteiger charge is -2.24. The number of carbonyl (C=O) groups excluding carboxylic acids is 1. The van der Waals surface area contributed by atoms with Gasteiger partial charge in [0.2, 0.25) is 0 Å². The van der Waals surface area contributed by atoms with Gasteiger partial charge in [-0.3, -0.25) is 0 Å². The van der Waals surface area contributed by atoms with Gasteiger partial charge in [-0.25, -0.2) is 4.79 Å². The van der Waals surface area contributed by atoms with E-state index in [4.69, 9.17) is 0 Å². The Bertz CT molecular complexity index is 164. The zero-order chi connectivity index (χ0) is 8.48. The molecule has 1 aliphatic rings. The Morgan fingerprint density at radius 3 is 2.27 bits per heavy atom. The molecular formula is C5H5F3O2S. The Morgan fingerprint density at radius 2 is 2.00 bits per heavy atom. The van der Waals surface area contributed by atoms with Gasteiger partial charge < -0.3 is 4.74 Å². The van der Waals surface area contributed by atoms with E-state index in [0.717, 1.165) is 0 Å². The molecule has 1 heterocycles. The molecule has 1 saturated heterocycles. The van der Waals surface area contributed by atoms with Gasteiger partial charge in [0.1, 0.15) is 6.10 Å². The van der Waals surface area contributed by atoms with Crippen LogP contribution in [0, 0.1) is 0 Å². The first kappa shape index (κ1) is 8.70. The number of rotatable bonds is 1. The fourth-order valence-electron chi connectivity index (χ4n) is 0.500. The van der Waals surface area contributed by atoms with Crippen molar-refractivity contribution < 1.29 is 22.7 Å². The van der Waals surface area contributed by atoms with Gasteiger partial charge in [0.25, 0.3) is 0 Å². The summed E-state index contributed by atoms with van der Waals surface area (Å²) in [5.41, 5.74) is 0. The summed E-state index contributed by atoms with van der Waals surface area (Å²) in [7, 11) is 0. The van der Waals surface area contributed by atoms with Crippen LogP contribution in [-0.2, 0) is 9.53 Å². The number of esters is 1. The smallest absolute Gasteiger partial charge is 0.454 e. The van der Waals surface area contributed by atoms with Crippen molar-refractivity contribution in [3.05, 3.63) is 0 Å². The quantitative estimate of drug-likeness (QED) is 0.576. The highest BCUT2D eigenvalue weighted by molar-refractivity contribution is 8.00. The number of alkyl halides is 3. The molecule has 0 N–H and O–H groups in total. The molecule has 11 heavy (non-hydrogen) atoms. The van der Waals surface area contributed by atoms with E-state index < -0.39 is 18.2 Å². The van der Waals surface area contributed by atoms with Crippen molar-refractivity contribution in [2.24, 2.45) is 0 Å². The number of hydrogen-bond acceptors (Lipinski definition) is 3. The maximum absolute atomic E-state index is 11.5. The molecule has 0 spiro atoms. The Kier molecular flexibility index (Phi) is 2.31. The molecule has 0 aromatic heterocycles. The average molecular weight is 186 g/mol. The molecule has 1 fully saturated rings. The topological polar surface area (TPSA) is 26.3 Å². The Labute approximate surface area is 65.1 Å². The van der Waals surface area contributed by atoms with Gasteiger partial charge in [0.05, 0.1) is 0 Å². The van der Waals surface area contributed by atoms with Crippen LogP contribution in [0.5, 0.6) is 0 Å². The Morgan fingerprint density at radius 1 is 1.45 bits per heavy atom. The van der Waals surface area contributed by atoms with Crippen LogP contribution in [0.1, 0.15) is 0 Å². The maximum Gasteiger partial charge on any atom is 0.490 e. The van der Waals surface area contributed by atoms with Crippen molar-refractivity contribution in [2.45, 2.75) is 12.3 Å². The highest BCUT2D eigenvalue weighted by atomic mass is 32.2. The van der Waals surface area contributed by atoms with Crippen molar-refractivity contribution in [3.8, 4) is 0 Å². The number of ether oxygens (including phenoxy) is 1. The molecule has 6 heteroatoms. The van der Waals surface area contributed by atoms with E-state index in [1.165, 1.54) is 11.8 Å². The first-order valence-electron chi connectivity index (χ1n) is 2.85. The number of thioether (sulfide) groups is 1. The summed E-state index contributed by atoms with van der Waals surface area (Å²) in [5, 5.41) is 0. The molecular weight excluding hydrogens is 181 g/mol. The maximum atomic E-state index is 11.5. The van der Waals surface area contributed by atoms with Crippen LogP contribution in [0.2, 0.25) is 0 Å². The summed E-state index contributed by atoms with van der Waals surface area (Å²) in [6, 6.07) is 0. The highest BCUT2D eigenvalue weighted by Crippen LogP contribution is 2.24.